The van der Waals surface area contributed by atoms with Gasteiger partial charge in [-0.1, -0.05) is 56.3 Å². The summed E-state index contributed by atoms with van der Waals surface area (Å²) in [4.78, 5) is 11.8. The molecule has 0 saturated heterocycles. The van der Waals surface area contributed by atoms with Crippen LogP contribution in [0.4, 0.5) is 4.39 Å². The second-order valence-corrected chi connectivity index (χ2v) is 8.66. The van der Waals surface area contributed by atoms with Gasteiger partial charge in [-0.2, -0.15) is 0 Å². The molecule has 3 aromatic rings. The van der Waals surface area contributed by atoms with Crippen molar-refractivity contribution in [3.8, 4) is 16.9 Å². The second kappa shape index (κ2) is 10.3. The molecule has 7 heteroatoms. The van der Waals surface area contributed by atoms with Crippen LogP contribution in [0.25, 0.3) is 11.1 Å². The molecule has 0 aliphatic heterocycles. The highest BCUT2D eigenvalue weighted by atomic mass is 32.2. The molecule has 0 heterocycles. The zero-order valence-electron chi connectivity index (χ0n) is 17.2. The number of carboxylic acid groups (broad SMARTS) is 1. The Kier molecular flexibility index (Phi) is 7.55. The van der Waals surface area contributed by atoms with E-state index in [0.717, 1.165) is 16.7 Å². The molecule has 3 rings (SSSR count). The van der Waals surface area contributed by atoms with Gasteiger partial charge in [0.25, 0.3) is 0 Å². The van der Waals surface area contributed by atoms with Gasteiger partial charge in [0, 0.05) is 6.07 Å². The van der Waals surface area contributed by atoms with Crippen molar-refractivity contribution in [2.45, 2.75) is 31.4 Å². The van der Waals surface area contributed by atoms with E-state index in [4.69, 9.17) is 4.74 Å². The molecule has 0 bridgehead atoms. The van der Waals surface area contributed by atoms with Crippen LogP contribution in [0.5, 0.6) is 5.75 Å². The average molecular weight is 442 g/mol. The SMILES string of the molecule is CC(C)C(NS(=O)c1ccc(-c2ccc(COc3cccc(F)c3)cc2)cc1)C(=O)O. The average Bonchev–Trinajstić information content (AvgIpc) is 2.76. The first-order chi connectivity index (χ1) is 14.8. The molecular weight excluding hydrogens is 417 g/mol. The zero-order chi connectivity index (χ0) is 22.4. The summed E-state index contributed by atoms with van der Waals surface area (Å²) in [5.41, 5.74) is 2.87. The van der Waals surface area contributed by atoms with Crippen molar-refractivity contribution in [2.24, 2.45) is 5.92 Å². The summed E-state index contributed by atoms with van der Waals surface area (Å²) < 4.78 is 33.9. The fraction of sp³-hybridized carbons (Fsp3) is 0.208. The molecule has 2 atom stereocenters. The maximum absolute atomic E-state index is 13.2. The molecule has 0 aromatic heterocycles. The number of benzene rings is 3. The maximum Gasteiger partial charge on any atom is 0.321 e. The van der Waals surface area contributed by atoms with Crippen LogP contribution in [0.2, 0.25) is 0 Å². The molecule has 0 radical (unpaired) electrons. The molecule has 2 unspecified atom stereocenters. The lowest BCUT2D eigenvalue weighted by Gasteiger charge is -2.17. The Morgan fingerprint density at radius 1 is 1.03 bits per heavy atom. The van der Waals surface area contributed by atoms with Gasteiger partial charge >= 0.3 is 5.97 Å². The number of aliphatic carboxylic acids is 1. The normalized spacial score (nSPS) is 13.0. The first-order valence-electron chi connectivity index (χ1n) is 9.82. The number of rotatable bonds is 9. The molecule has 2 N–H and O–H groups in total. The Morgan fingerprint density at radius 3 is 2.19 bits per heavy atom. The Labute approximate surface area is 183 Å². The molecule has 0 aliphatic rings. The van der Waals surface area contributed by atoms with E-state index in [9.17, 15) is 18.5 Å². The molecule has 0 fully saturated rings. The van der Waals surface area contributed by atoms with Gasteiger partial charge < -0.3 is 9.84 Å². The third-order valence-corrected chi connectivity index (χ3v) is 5.89. The molecular formula is C24H24FNO4S. The summed E-state index contributed by atoms with van der Waals surface area (Å²) in [5, 5.41) is 9.25. The van der Waals surface area contributed by atoms with E-state index in [1.54, 1.807) is 38.1 Å². The number of carboxylic acids is 1. The Morgan fingerprint density at radius 2 is 1.65 bits per heavy atom. The van der Waals surface area contributed by atoms with Crippen LogP contribution >= 0.6 is 0 Å². The van der Waals surface area contributed by atoms with Gasteiger partial charge in [-0.3, -0.25) is 4.79 Å². The van der Waals surface area contributed by atoms with Gasteiger partial charge in [0.05, 0.1) is 4.90 Å². The van der Waals surface area contributed by atoms with E-state index in [1.807, 2.05) is 36.4 Å². The monoisotopic (exact) mass is 441 g/mol. The topological polar surface area (TPSA) is 75.6 Å². The quantitative estimate of drug-likeness (QED) is 0.501. The third kappa shape index (κ3) is 6.23. The molecule has 0 aliphatic carbocycles. The summed E-state index contributed by atoms with van der Waals surface area (Å²) in [7, 11) is -1.62. The van der Waals surface area contributed by atoms with Crippen LogP contribution in [0.15, 0.2) is 77.7 Å². The van der Waals surface area contributed by atoms with Crippen molar-refractivity contribution < 1.29 is 23.2 Å². The lowest BCUT2D eigenvalue weighted by atomic mass is 10.0. The van der Waals surface area contributed by atoms with Crippen molar-refractivity contribution in [2.75, 3.05) is 0 Å². The Balaban J connectivity index is 1.63. The van der Waals surface area contributed by atoms with Crippen LogP contribution in [0.1, 0.15) is 19.4 Å². The van der Waals surface area contributed by atoms with Crippen molar-refractivity contribution in [3.63, 3.8) is 0 Å². The largest absolute Gasteiger partial charge is 0.489 e. The smallest absolute Gasteiger partial charge is 0.321 e. The van der Waals surface area contributed by atoms with E-state index in [0.29, 0.717) is 17.3 Å². The van der Waals surface area contributed by atoms with Gasteiger partial charge in [0.1, 0.15) is 35.2 Å². The van der Waals surface area contributed by atoms with E-state index in [-0.39, 0.29) is 11.7 Å². The van der Waals surface area contributed by atoms with Crippen molar-refractivity contribution >= 4 is 17.0 Å². The molecule has 0 amide bonds. The maximum atomic E-state index is 13.2. The molecule has 0 spiro atoms. The highest BCUT2D eigenvalue weighted by Gasteiger charge is 2.23. The second-order valence-electron chi connectivity index (χ2n) is 7.41. The predicted molar refractivity (Wildman–Crippen MR) is 118 cm³/mol. The molecule has 162 valence electrons. The fourth-order valence-electron chi connectivity index (χ4n) is 2.94. The number of ether oxygens (including phenoxy) is 1. The Hall–Kier alpha value is -3.03. The molecule has 31 heavy (non-hydrogen) atoms. The van der Waals surface area contributed by atoms with E-state index in [2.05, 4.69) is 4.72 Å². The number of carbonyl (C=O) groups is 1. The highest BCUT2D eigenvalue weighted by molar-refractivity contribution is 7.83. The van der Waals surface area contributed by atoms with E-state index < -0.39 is 23.0 Å². The lowest BCUT2D eigenvalue weighted by molar-refractivity contribution is -0.140. The van der Waals surface area contributed by atoms with Crippen molar-refractivity contribution in [1.82, 2.24) is 4.72 Å². The molecule has 0 saturated carbocycles. The summed E-state index contributed by atoms with van der Waals surface area (Å²) in [6, 6.07) is 20.0. The van der Waals surface area contributed by atoms with Gasteiger partial charge in [-0.05, 0) is 46.9 Å². The van der Waals surface area contributed by atoms with Crippen LogP contribution in [-0.4, -0.2) is 21.3 Å². The van der Waals surface area contributed by atoms with Crippen molar-refractivity contribution in [3.05, 3.63) is 84.2 Å². The van der Waals surface area contributed by atoms with E-state index >= 15 is 0 Å². The first kappa shape index (κ1) is 22.7. The van der Waals surface area contributed by atoms with E-state index in [1.165, 1.54) is 12.1 Å². The summed E-state index contributed by atoms with van der Waals surface area (Å²) in [5.74, 6) is -1.08. The fourth-order valence-corrected chi connectivity index (χ4v) is 4.07. The third-order valence-electron chi connectivity index (χ3n) is 4.72. The predicted octanol–water partition coefficient (Wildman–Crippen LogP) is 4.79. The standard InChI is InChI=1S/C24H24FNO4S/c1-16(2)23(24(27)28)26-31(29)22-12-10-19(11-13-22)18-8-6-17(7-9-18)15-30-21-5-3-4-20(25)14-21/h3-14,16,23,26H,15H2,1-2H3,(H,27,28). The first-order valence-corrected chi connectivity index (χ1v) is 11.0. The number of halogens is 1. The highest BCUT2D eigenvalue weighted by Crippen LogP contribution is 2.22. The van der Waals surface area contributed by atoms with Gasteiger partial charge in [0.15, 0.2) is 0 Å². The summed E-state index contributed by atoms with van der Waals surface area (Å²) >= 11 is 0. The minimum atomic E-state index is -1.62. The van der Waals surface area contributed by atoms with Crippen molar-refractivity contribution in [1.29, 1.82) is 0 Å². The summed E-state index contributed by atoms with van der Waals surface area (Å²) in [6.45, 7) is 3.85. The molecule has 5 nitrogen and oxygen atoms in total. The van der Waals surface area contributed by atoms with Crippen LogP contribution in [0, 0.1) is 11.7 Å². The number of hydrogen-bond acceptors (Lipinski definition) is 3. The van der Waals surface area contributed by atoms with Gasteiger partial charge in [-0.25, -0.2) is 13.3 Å². The molecule has 3 aromatic carbocycles. The number of hydrogen-bond donors (Lipinski definition) is 2. The van der Waals surface area contributed by atoms with Gasteiger partial charge in [0.2, 0.25) is 0 Å². The van der Waals surface area contributed by atoms with Crippen LogP contribution in [0.3, 0.4) is 0 Å². The zero-order valence-corrected chi connectivity index (χ0v) is 18.1. The Bertz CT molecular complexity index is 1050. The van der Waals surface area contributed by atoms with Gasteiger partial charge in [-0.15, -0.1) is 0 Å². The van der Waals surface area contributed by atoms with Crippen LogP contribution < -0.4 is 9.46 Å². The summed E-state index contributed by atoms with van der Waals surface area (Å²) in [6.07, 6.45) is 0. The lowest BCUT2D eigenvalue weighted by Crippen LogP contribution is -2.41. The van der Waals surface area contributed by atoms with Crippen LogP contribution in [-0.2, 0) is 22.4 Å². The number of nitrogens with one attached hydrogen (secondary N) is 1. The minimum Gasteiger partial charge on any atom is -0.489 e. The minimum absolute atomic E-state index is 0.191.